The molecule has 0 aromatic rings. The van der Waals surface area contributed by atoms with Gasteiger partial charge in [0.2, 0.25) is 0 Å². The predicted molar refractivity (Wildman–Crippen MR) is 110 cm³/mol. The van der Waals surface area contributed by atoms with Gasteiger partial charge in [-0.2, -0.15) is 0 Å². The number of hydrogen-bond acceptors (Lipinski definition) is 5. The maximum Gasteiger partial charge on any atom is 0.0701 e. The van der Waals surface area contributed by atoms with Gasteiger partial charge in [-0.25, -0.2) is 0 Å². The van der Waals surface area contributed by atoms with E-state index in [0.717, 1.165) is 25.0 Å². The Morgan fingerprint density at radius 1 is 0.423 bits per heavy atom. The summed E-state index contributed by atoms with van der Waals surface area (Å²) in [6.07, 6.45) is 10.7. The molecule has 0 aromatic heterocycles. The number of ether oxygens (including phenoxy) is 5. The number of alkyl halides is 1. The molecule has 0 saturated carbocycles. The smallest absolute Gasteiger partial charge is 0.0701 e. The molecular weight excluding hydrogens is 400 g/mol. The highest BCUT2D eigenvalue weighted by Gasteiger charge is 1.94. The van der Waals surface area contributed by atoms with Crippen LogP contribution in [0, 0.1) is 0 Å². The zero-order valence-corrected chi connectivity index (χ0v) is 18.4. The van der Waals surface area contributed by atoms with E-state index < -0.39 is 0 Å². The molecule has 0 radical (unpaired) electrons. The molecule has 0 amide bonds. The summed E-state index contributed by atoms with van der Waals surface area (Å²) >= 11 is 3.30. The lowest BCUT2D eigenvalue weighted by Crippen LogP contribution is -2.13. The molecule has 0 spiro atoms. The van der Waals surface area contributed by atoms with Crippen molar-refractivity contribution in [2.75, 3.05) is 71.4 Å². The van der Waals surface area contributed by atoms with Crippen LogP contribution in [0.2, 0.25) is 0 Å². The number of unbranched alkanes of at least 4 members (excludes halogenated alkanes) is 7. The fraction of sp³-hybridized carbons (Fsp3) is 1.00. The van der Waals surface area contributed by atoms with Gasteiger partial charge in [0.25, 0.3) is 0 Å². The van der Waals surface area contributed by atoms with Crippen LogP contribution in [0.5, 0.6) is 0 Å². The molecule has 0 bridgehead atoms. The topological polar surface area (TPSA) is 46.2 Å². The molecule has 0 atom stereocenters. The summed E-state index contributed by atoms with van der Waals surface area (Å²) in [4.78, 5) is 0. The first-order valence-electron chi connectivity index (χ1n) is 10.4. The molecule has 158 valence electrons. The lowest BCUT2D eigenvalue weighted by molar-refractivity contribution is -0.0102. The highest BCUT2D eigenvalue weighted by atomic mass is 79.9. The van der Waals surface area contributed by atoms with E-state index in [-0.39, 0.29) is 0 Å². The normalized spacial score (nSPS) is 11.3. The van der Waals surface area contributed by atoms with E-state index in [1.165, 1.54) is 44.9 Å². The number of halogens is 1. The Kier molecular flexibility index (Phi) is 25.6. The summed E-state index contributed by atoms with van der Waals surface area (Å²) in [6.45, 7) is 8.79. The Morgan fingerprint density at radius 3 is 1.19 bits per heavy atom. The predicted octanol–water partition coefficient (Wildman–Crippen LogP) is 4.61. The van der Waals surface area contributed by atoms with Crippen LogP contribution in [0.1, 0.15) is 58.3 Å². The van der Waals surface area contributed by atoms with Crippen molar-refractivity contribution in [2.24, 2.45) is 0 Å². The minimum atomic E-state index is 0.594. The van der Waals surface area contributed by atoms with Gasteiger partial charge in [-0.1, -0.05) is 67.8 Å². The molecule has 0 fully saturated rings. The Balaban J connectivity index is 2.95. The average Bonchev–Trinajstić information content (AvgIpc) is 2.66. The second kappa shape index (κ2) is 25.3. The second-order valence-electron chi connectivity index (χ2n) is 6.23. The van der Waals surface area contributed by atoms with Crippen molar-refractivity contribution in [3.8, 4) is 0 Å². The molecule has 0 saturated heterocycles. The van der Waals surface area contributed by atoms with Gasteiger partial charge in [0.15, 0.2) is 0 Å². The zero-order valence-electron chi connectivity index (χ0n) is 16.9. The fourth-order valence-corrected chi connectivity index (χ4v) is 2.60. The molecule has 0 rings (SSSR count). The maximum atomic E-state index is 5.58. The van der Waals surface area contributed by atoms with Crippen molar-refractivity contribution in [1.82, 2.24) is 0 Å². The van der Waals surface area contributed by atoms with Gasteiger partial charge < -0.3 is 23.7 Å². The van der Waals surface area contributed by atoms with Crippen molar-refractivity contribution >= 4 is 15.9 Å². The van der Waals surface area contributed by atoms with Crippen LogP contribution in [0.3, 0.4) is 0 Å². The molecule has 0 aromatic carbocycles. The van der Waals surface area contributed by atoms with Crippen LogP contribution in [0.4, 0.5) is 0 Å². The van der Waals surface area contributed by atoms with Crippen molar-refractivity contribution in [3.05, 3.63) is 0 Å². The van der Waals surface area contributed by atoms with Gasteiger partial charge in [0.05, 0.1) is 59.5 Å². The third kappa shape index (κ3) is 24.3. The SMILES string of the molecule is CCCCCCCCCCOCCOCCOCCOCCOCCBr. The third-order valence-corrected chi connectivity index (χ3v) is 4.18. The molecular formula is C20H41BrO5. The van der Waals surface area contributed by atoms with Gasteiger partial charge in [-0.3, -0.25) is 0 Å². The first-order valence-corrected chi connectivity index (χ1v) is 11.5. The van der Waals surface area contributed by atoms with Crippen molar-refractivity contribution in [3.63, 3.8) is 0 Å². The van der Waals surface area contributed by atoms with E-state index in [1.54, 1.807) is 0 Å². The molecule has 0 unspecified atom stereocenters. The maximum absolute atomic E-state index is 5.58. The van der Waals surface area contributed by atoms with Crippen molar-refractivity contribution in [2.45, 2.75) is 58.3 Å². The first kappa shape index (κ1) is 26.3. The molecule has 26 heavy (non-hydrogen) atoms. The van der Waals surface area contributed by atoms with Crippen LogP contribution in [-0.4, -0.2) is 71.4 Å². The molecule has 0 heterocycles. The monoisotopic (exact) mass is 440 g/mol. The number of rotatable bonds is 23. The van der Waals surface area contributed by atoms with Crippen LogP contribution in [0.15, 0.2) is 0 Å². The van der Waals surface area contributed by atoms with Gasteiger partial charge in [0.1, 0.15) is 0 Å². The summed E-state index contributed by atoms with van der Waals surface area (Å²) in [6, 6.07) is 0. The summed E-state index contributed by atoms with van der Waals surface area (Å²) in [7, 11) is 0. The Labute approximate surface area is 169 Å². The largest absolute Gasteiger partial charge is 0.379 e. The van der Waals surface area contributed by atoms with E-state index in [4.69, 9.17) is 23.7 Å². The standard InChI is InChI=1S/C20H41BrO5/c1-2-3-4-5-6-7-8-9-11-22-13-15-24-17-19-26-20-18-25-16-14-23-12-10-21/h2-20H2,1H3. The Bertz CT molecular complexity index is 220. The van der Waals surface area contributed by atoms with Crippen LogP contribution in [0.25, 0.3) is 0 Å². The zero-order chi connectivity index (χ0) is 19.0. The Morgan fingerprint density at radius 2 is 0.769 bits per heavy atom. The average molecular weight is 441 g/mol. The molecule has 0 N–H and O–H groups in total. The van der Waals surface area contributed by atoms with Crippen molar-refractivity contribution < 1.29 is 23.7 Å². The second-order valence-corrected chi connectivity index (χ2v) is 7.02. The highest BCUT2D eigenvalue weighted by molar-refractivity contribution is 9.09. The minimum absolute atomic E-state index is 0.594. The molecule has 6 heteroatoms. The van der Waals surface area contributed by atoms with E-state index in [2.05, 4.69) is 22.9 Å². The first-order chi connectivity index (χ1) is 12.9. The van der Waals surface area contributed by atoms with Gasteiger partial charge in [-0.15, -0.1) is 0 Å². The van der Waals surface area contributed by atoms with Crippen LogP contribution < -0.4 is 0 Å². The van der Waals surface area contributed by atoms with E-state index >= 15 is 0 Å². The summed E-state index contributed by atoms with van der Waals surface area (Å²) in [5.41, 5.74) is 0. The van der Waals surface area contributed by atoms with Gasteiger partial charge >= 0.3 is 0 Å². The lowest BCUT2D eigenvalue weighted by Gasteiger charge is -2.08. The molecule has 5 nitrogen and oxygen atoms in total. The fourth-order valence-electron chi connectivity index (χ4n) is 2.37. The van der Waals surface area contributed by atoms with Gasteiger partial charge in [-0.05, 0) is 6.42 Å². The summed E-state index contributed by atoms with van der Waals surface area (Å²) < 4.78 is 27.1. The molecule has 0 aliphatic rings. The highest BCUT2D eigenvalue weighted by Crippen LogP contribution is 2.08. The Hall–Kier alpha value is 0.280. The lowest BCUT2D eigenvalue weighted by atomic mass is 10.1. The molecule has 0 aliphatic heterocycles. The quantitative estimate of drug-likeness (QED) is 0.171. The third-order valence-electron chi connectivity index (χ3n) is 3.85. The van der Waals surface area contributed by atoms with E-state index in [0.29, 0.717) is 52.9 Å². The van der Waals surface area contributed by atoms with Crippen LogP contribution in [-0.2, 0) is 23.7 Å². The summed E-state index contributed by atoms with van der Waals surface area (Å²) in [5, 5.41) is 0.861. The van der Waals surface area contributed by atoms with Crippen molar-refractivity contribution in [1.29, 1.82) is 0 Å². The number of hydrogen-bond donors (Lipinski definition) is 0. The minimum Gasteiger partial charge on any atom is -0.379 e. The molecule has 0 aliphatic carbocycles. The van der Waals surface area contributed by atoms with Gasteiger partial charge in [0, 0.05) is 11.9 Å². The van der Waals surface area contributed by atoms with Crippen LogP contribution >= 0.6 is 15.9 Å². The van der Waals surface area contributed by atoms with E-state index in [1.807, 2.05) is 0 Å². The summed E-state index contributed by atoms with van der Waals surface area (Å²) in [5.74, 6) is 0. The van der Waals surface area contributed by atoms with E-state index in [9.17, 15) is 0 Å².